The van der Waals surface area contributed by atoms with E-state index in [4.69, 9.17) is 10.5 Å². The van der Waals surface area contributed by atoms with E-state index in [0.29, 0.717) is 5.69 Å². The molecule has 20 heavy (non-hydrogen) atoms. The molecule has 0 bridgehead atoms. The van der Waals surface area contributed by atoms with Gasteiger partial charge in [0.1, 0.15) is 5.75 Å². The standard InChI is InChI=1S/C16H24N2O2/c1-2-3-4-5-6-7-10-18-14-11-13(17)8-9-15(14)20-12-16(18)19/h8-9,11H,2-7,10,12,17H2,1H3. The number of fused-ring (bicyclic) bond motifs is 1. The third-order valence-electron chi connectivity index (χ3n) is 3.66. The van der Waals surface area contributed by atoms with E-state index in [0.717, 1.165) is 24.4 Å². The first-order valence-electron chi connectivity index (χ1n) is 7.55. The first-order valence-corrected chi connectivity index (χ1v) is 7.55. The molecule has 0 aliphatic carbocycles. The summed E-state index contributed by atoms with van der Waals surface area (Å²) in [4.78, 5) is 13.8. The number of nitrogens with two attached hydrogens (primary N) is 1. The molecule has 1 heterocycles. The summed E-state index contributed by atoms with van der Waals surface area (Å²) < 4.78 is 5.43. The van der Waals surface area contributed by atoms with Gasteiger partial charge in [0.05, 0.1) is 5.69 Å². The van der Waals surface area contributed by atoms with Crippen molar-refractivity contribution < 1.29 is 9.53 Å². The summed E-state index contributed by atoms with van der Waals surface area (Å²) in [6.45, 7) is 3.10. The molecule has 2 N–H and O–H groups in total. The molecule has 0 radical (unpaired) electrons. The van der Waals surface area contributed by atoms with Gasteiger partial charge in [-0.3, -0.25) is 4.79 Å². The Morgan fingerprint density at radius 1 is 1.20 bits per heavy atom. The fraction of sp³-hybridized carbons (Fsp3) is 0.562. The number of carbonyl (C=O) groups excluding carboxylic acids is 1. The molecular weight excluding hydrogens is 252 g/mol. The van der Waals surface area contributed by atoms with Crippen LogP contribution < -0.4 is 15.4 Å². The molecule has 1 aromatic rings. The van der Waals surface area contributed by atoms with Crippen LogP contribution in [0.4, 0.5) is 11.4 Å². The highest BCUT2D eigenvalue weighted by Crippen LogP contribution is 2.33. The second kappa shape index (κ2) is 7.17. The molecule has 1 aromatic carbocycles. The van der Waals surface area contributed by atoms with Crippen molar-refractivity contribution in [3.8, 4) is 5.75 Å². The van der Waals surface area contributed by atoms with Crippen molar-refractivity contribution in [3.63, 3.8) is 0 Å². The van der Waals surface area contributed by atoms with Crippen molar-refractivity contribution in [2.45, 2.75) is 45.4 Å². The molecular formula is C16H24N2O2. The van der Waals surface area contributed by atoms with E-state index in [1.54, 1.807) is 6.07 Å². The van der Waals surface area contributed by atoms with Gasteiger partial charge in [0.25, 0.3) is 5.91 Å². The predicted molar refractivity (Wildman–Crippen MR) is 82.1 cm³/mol. The molecule has 0 atom stereocenters. The van der Waals surface area contributed by atoms with Crippen LogP contribution in [0, 0.1) is 0 Å². The zero-order chi connectivity index (χ0) is 14.4. The largest absolute Gasteiger partial charge is 0.482 e. The molecule has 2 rings (SSSR count). The Morgan fingerprint density at radius 3 is 2.75 bits per heavy atom. The first kappa shape index (κ1) is 14.7. The van der Waals surface area contributed by atoms with Gasteiger partial charge >= 0.3 is 0 Å². The molecule has 1 aliphatic heterocycles. The highest BCUT2D eigenvalue weighted by atomic mass is 16.5. The zero-order valence-corrected chi connectivity index (χ0v) is 12.2. The minimum absolute atomic E-state index is 0.0247. The molecule has 0 saturated carbocycles. The number of unbranched alkanes of at least 4 members (excludes halogenated alkanes) is 5. The van der Waals surface area contributed by atoms with E-state index in [2.05, 4.69) is 6.92 Å². The Hall–Kier alpha value is -1.71. The lowest BCUT2D eigenvalue weighted by atomic mass is 10.1. The highest BCUT2D eigenvalue weighted by molar-refractivity contribution is 5.98. The molecule has 4 heteroatoms. The van der Waals surface area contributed by atoms with Gasteiger partial charge in [0.15, 0.2) is 6.61 Å². The van der Waals surface area contributed by atoms with Gasteiger partial charge in [-0.15, -0.1) is 0 Å². The molecule has 0 fully saturated rings. The van der Waals surface area contributed by atoms with E-state index in [9.17, 15) is 4.79 Å². The summed E-state index contributed by atoms with van der Waals surface area (Å²) in [5.41, 5.74) is 7.28. The van der Waals surface area contributed by atoms with Crippen molar-refractivity contribution in [2.75, 3.05) is 23.8 Å². The van der Waals surface area contributed by atoms with Crippen LogP contribution in [0.15, 0.2) is 18.2 Å². The lowest BCUT2D eigenvalue weighted by molar-refractivity contribution is -0.121. The number of nitrogens with zero attached hydrogens (tertiary/aromatic N) is 1. The summed E-state index contributed by atoms with van der Waals surface area (Å²) in [6.07, 6.45) is 7.30. The molecule has 0 saturated heterocycles. The maximum Gasteiger partial charge on any atom is 0.265 e. The molecule has 0 aromatic heterocycles. The van der Waals surface area contributed by atoms with Crippen LogP contribution in [0.2, 0.25) is 0 Å². The van der Waals surface area contributed by atoms with Crippen LogP contribution in [0.3, 0.4) is 0 Å². The van der Waals surface area contributed by atoms with Gasteiger partial charge in [0, 0.05) is 12.2 Å². The molecule has 4 nitrogen and oxygen atoms in total. The quantitative estimate of drug-likeness (QED) is 0.613. The number of ether oxygens (including phenoxy) is 1. The molecule has 110 valence electrons. The fourth-order valence-corrected chi connectivity index (χ4v) is 2.51. The summed E-state index contributed by atoms with van der Waals surface area (Å²) in [5, 5.41) is 0. The smallest absolute Gasteiger partial charge is 0.265 e. The van der Waals surface area contributed by atoms with E-state index in [1.165, 1.54) is 32.1 Å². The molecule has 1 aliphatic rings. The topological polar surface area (TPSA) is 55.6 Å². The summed E-state index contributed by atoms with van der Waals surface area (Å²) in [7, 11) is 0. The minimum atomic E-state index is 0.0247. The monoisotopic (exact) mass is 276 g/mol. The van der Waals surface area contributed by atoms with Crippen LogP contribution in [0.5, 0.6) is 5.75 Å². The Kier molecular flexibility index (Phi) is 5.27. The third-order valence-corrected chi connectivity index (χ3v) is 3.66. The van der Waals surface area contributed by atoms with E-state index in [-0.39, 0.29) is 12.5 Å². The normalized spacial score (nSPS) is 14.1. The van der Waals surface area contributed by atoms with Crippen molar-refractivity contribution in [3.05, 3.63) is 18.2 Å². The number of nitrogen functional groups attached to an aromatic ring is 1. The lowest BCUT2D eigenvalue weighted by Gasteiger charge is -2.29. The van der Waals surface area contributed by atoms with Crippen LogP contribution in [0.25, 0.3) is 0 Å². The first-order chi connectivity index (χ1) is 9.72. The maximum atomic E-state index is 12.0. The van der Waals surface area contributed by atoms with Crippen LogP contribution in [0.1, 0.15) is 45.4 Å². The summed E-state index contributed by atoms with van der Waals surface area (Å²) in [6, 6.07) is 5.46. The van der Waals surface area contributed by atoms with Crippen LogP contribution in [-0.2, 0) is 4.79 Å². The number of anilines is 2. The molecule has 1 amide bonds. The maximum absolute atomic E-state index is 12.0. The van der Waals surface area contributed by atoms with Crippen molar-refractivity contribution in [2.24, 2.45) is 0 Å². The Balaban J connectivity index is 1.90. The Labute approximate surface area is 120 Å². The summed E-state index contributed by atoms with van der Waals surface area (Å²) >= 11 is 0. The van der Waals surface area contributed by atoms with Gasteiger partial charge < -0.3 is 15.4 Å². The van der Waals surface area contributed by atoms with E-state index in [1.807, 2.05) is 17.0 Å². The highest BCUT2D eigenvalue weighted by Gasteiger charge is 2.24. The number of benzene rings is 1. The number of hydrogen-bond donors (Lipinski definition) is 1. The van der Waals surface area contributed by atoms with Crippen LogP contribution >= 0.6 is 0 Å². The van der Waals surface area contributed by atoms with Gasteiger partial charge in [-0.25, -0.2) is 0 Å². The van der Waals surface area contributed by atoms with Crippen LogP contribution in [-0.4, -0.2) is 19.1 Å². The van der Waals surface area contributed by atoms with E-state index < -0.39 is 0 Å². The van der Waals surface area contributed by atoms with Gasteiger partial charge in [-0.2, -0.15) is 0 Å². The average molecular weight is 276 g/mol. The third kappa shape index (κ3) is 3.65. The van der Waals surface area contributed by atoms with Crippen molar-refractivity contribution in [1.82, 2.24) is 0 Å². The van der Waals surface area contributed by atoms with Gasteiger partial charge in [0.2, 0.25) is 0 Å². The van der Waals surface area contributed by atoms with Gasteiger partial charge in [-0.05, 0) is 24.6 Å². The average Bonchev–Trinajstić information content (AvgIpc) is 2.44. The predicted octanol–water partition coefficient (Wildman–Crippen LogP) is 3.35. The SMILES string of the molecule is CCCCCCCCN1C(=O)COc2ccc(N)cc21. The Morgan fingerprint density at radius 2 is 1.95 bits per heavy atom. The molecule has 0 unspecified atom stereocenters. The number of amides is 1. The second-order valence-electron chi connectivity index (χ2n) is 5.33. The van der Waals surface area contributed by atoms with Crippen molar-refractivity contribution >= 4 is 17.3 Å². The lowest BCUT2D eigenvalue weighted by Crippen LogP contribution is -2.39. The number of hydrogen-bond acceptors (Lipinski definition) is 3. The van der Waals surface area contributed by atoms with Gasteiger partial charge in [-0.1, -0.05) is 39.0 Å². The number of rotatable bonds is 7. The Bertz CT molecular complexity index is 460. The fourth-order valence-electron chi connectivity index (χ4n) is 2.51. The minimum Gasteiger partial charge on any atom is -0.482 e. The van der Waals surface area contributed by atoms with Crippen molar-refractivity contribution in [1.29, 1.82) is 0 Å². The summed E-state index contributed by atoms with van der Waals surface area (Å²) in [5.74, 6) is 0.779. The second-order valence-corrected chi connectivity index (χ2v) is 5.33. The van der Waals surface area contributed by atoms with E-state index >= 15 is 0 Å². The number of carbonyl (C=O) groups is 1. The zero-order valence-electron chi connectivity index (χ0n) is 12.2. The molecule has 0 spiro atoms.